The zero-order chi connectivity index (χ0) is 20.2. The summed E-state index contributed by atoms with van der Waals surface area (Å²) in [6.07, 6.45) is 9.36. The highest BCUT2D eigenvalue weighted by molar-refractivity contribution is 6.65. The van der Waals surface area contributed by atoms with Crippen LogP contribution in [0.15, 0.2) is 36.8 Å². The van der Waals surface area contributed by atoms with Crippen molar-refractivity contribution in [2.45, 2.75) is 64.4 Å². The van der Waals surface area contributed by atoms with E-state index in [9.17, 15) is 0 Å². The predicted octanol–water partition coefficient (Wildman–Crippen LogP) is 4.03. The Kier molecular flexibility index (Phi) is 4.38. The number of benzene rings is 1. The number of nitrogens with one attached hydrogen (secondary N) is 1. The van der Waals surface area contributed by atoms with Crippen molar-refractivity contribution in [3.63, 3.8) is 0 Å². The molecular formula is C22H28BN3O3. The molecule has 152 valence electrons. The molecule has 2 saturated heterocycles. The van der Waals surface area contributed by atoms with Crippen LogP contribution in [0.3, 0.4) is 0 Å². The SMILES string of the molecule is CC1(C)OB(c2ccc(-c3cnn(C4CCCCO4)c3)c3cc[nH]c23)OC1(C)C. The number of rotatable bonds is 3. The molecule has 1 aromatic carbocycles. The Morgan fingerprint density at radius 2 is 1.90 bits per heavy atom. The molecule has 2 aliphatic heterocycles. The third kappa shape index (κ3) is 3.12. The quantitative estimate of drug-likeness (QED) is 0.683. The topological polar surface area (TPSA) is 61.3 Å². The molecule has 0 saturated carbocycles. The lowest BCUT2D eigenvalue weighted by Crippen LogP contribution is -2.41. The summed E-state index contributed by atoms with van der Waals surface area (Å²) in [6.45, 7) is 9.12. The first kappa shape index (κ1) is 18.9. The van der Waals surface area contributed by atoms with Gasteiger partial charge in [-0.25, -0.2) is 4.68 Å². The number of ether oxygens (including phenoxy) is 1. The second kappa shape index (κ2) is 6.72. The molecule has 1 N–H and O–H groups in total. The van der Waals surface area contributed by atoms with Crippen LogP contribution in [0.4, 0.5) is 0 Å². The van der Waals surface area contributed by atoms with Crippen LogP contribution in [0.1, 0.15) is 53.2 Å². The summed E-state index contributed by atoms with van der Waals surface area (Å²) in [7, 11) is -0.395. The van der Waals surface area contributed by atoms with Crippen LogP contribution < -0.4 is 5.46 Å². The number of aromatic nitrogens is 3. The molecule has 2 fully saturated rings. The average molecular weight is 393 g/mol. The summed E-state index contributed by atoms with van der Waals surface area (Å²) < 4.78 is 20.4. The molecule has 0 spiro atoms. The number of fused-ring (bicyclic) bond motifs is 1. The van der Waals surface area contributed by atoms with Gasteiger partial charge in [0, 0.05) is 40.9 Å². The third-order valence-electron chi connectivity index (χ3n) is 6.63. The van der Waals surface area contributed by atoms with Crippen LogP contribution >= 0.6 is 0 Å². The van der Waals surface area contributed by atoms with E-state index in [1.165, 1.54) is 6.42 Å². The highest BCUT2D eigenvalue weighted by atomic mass is 16.7. The van der Waals surface area contributed by atoms with Crippen LogP contribution in [0.2, 0.25) is 0 Å². The highest BCUT2D eigenvalue weighted by Gasteiger charge is 2.52. The smallest absolute Gasteiger partial charge is 0.399 e. The molecule has 0 radical (unpaired) electrons. The number of hydrogen-bond acceptors (Lipinski definition) is 4. The van der Waals surface area contributed by atoms with Gasteiger partial charge in [0.15, 0.2) is 0 Å². The normalized spacial score (nSPS) is 23.7. The van der Waals surface area contributed by atoms with E-state index in [2.05, 4.69) is 62.2 Å². The Morgan fingerprint density at radius 3 is 2.62 bits per heavy atom. The van der Waals surface area contributed by atoms with E-state index >= 15 is 0 Å². The Morgan fingerprint density at radius 1 is 1.10 bits per heavy atom. The van der Waals surface area contributed by atoms with Gasteiger partial charge in [-0.3, -0.25) is 0 Å². The van der Waals surface area contributed by atoms with Crippen LogP contribution in [0.5, 0.6) is 0 Å². The van der Waals surface area contributed by atoms with E-state index in [0.717, 1.165) is 46.9 Å². The lowest BCUT2D eigenvalue weighted by molar-refractivity contribution is -0.0394. The van der Waals surface area contributed by atoms with Gasteiger partial charge in [-0.15, -0.1) is 0 Å². The Bertz CT molecular complexity index is 1020. The minimum atomic E-state index is -0.395. The second-order valence-electron chi connectivity index (χ2n) is 9.09. The van der Waals surface area contributed by atoms with E-state index in [1.54, 1.807) is 0 Å². The van der Waals surface area contributed by atoms with Gasteiger partial charge in [0.25, 0.3) is 0 Å². The first-order valence-corrected chi connectivity index (χ1v) is 10.5. The zero-order valence-corrected chi connectivity index (χ0v) is 17.6. The highest BCUT2D eigenvalue weighted by Crippen LogP contribution is 2.37. The Hall–Kier alpha value is -2.09. The maximum Gasteiger partial charge on any atom is 0.497 e. The first-order valence-electron chi connectivity index (χ1n) is 10.5. The van der Waals surface area contributed by atoms with Crippen LogP contribution in [-0.4, -0.2) is 39.7 Å². The van der Waals surface area contributed by atoms with E-state index in [-0.39, 0.29) is 17.4 Å². The van der Waals surface area contributed by atoms with Gasteiger partial charge in [0.2, 0.25) is 0 Å². The third-order valence-corrected chi connectivity index (χ3v) is 6.63. The molecule has 1 atom stereocenters. The van der Waals surface area contributed by atoms with E-state index in [1.807, 2.05) is 17.1 Å². The predicted molar refractivity (Wildman–Crippen MR) is 114 cm³/mol. The molecule has 7 heteroatoms. The van der Waals surface area contributed by atoms with Gasteiger partial charge >= 0.3 is 7.12 Å². The van der Waals surface area contributed by atoms with Crippen LogP contribution in [0, 0.1) is 0 Å². The van der Waals surface area contributed by atoms with Crippen LogP contribution in [0.25, 0.3) is 22.0 Å². The van der Waals surface area contributed by atoms with Gasteiger partial charge in [-0.05, 0) is 58.6 Å². The number of H-pyrrole nitrogens is 1. The largest absolute Gasteiger partial charge is 0.497 e. The molecular weight excluding hydrogens is 365 g/mol. The monoisotopic (exact) mass is 393 g/mol. The van der Waals surface area contributed by atoms with Crippen molar-refractivity contribution in [2.75, 3.05) is 6.61 Å². The second-order valence-corrected chi connectivity index (χ2v) is 9.09. The molecule has 1 unspecified atom stereocenters. The lowest BCUT2D eigenvalue weighted by Gasteiger charge is -2.32. The fourth-order valence-corrected chi connectivity index (χ4v) is 4.16. The summed E-state index contributed by atoms with van der Waals surface area (Å²) in [6, 6.07) is 6.35. The van der Waals surface area contributed by atoms with Gasteiger partial charge < -0.3 is 19.0 Å². The Balaban J connectivity index is 1.50. The summed E-state index contributed by atoms with van der Waals surface area (Å²) >= 11 is 0. The van der Waals surface area contributed by atoms with Gasteiger partial charge in [-0.1, -0.05) is 12.1 Å². The maximum absolute atomic E-state index is 6.28. The molecule has 4 heterocycles. The van der Waals surface area contributed by atoms with E-state index in [0.29, 0.717) is 0 Å². The fourth-order valence-electron chi connectivity index (χ4n) is 4.16. The average Bonchev–Trinajstić information content (AvgIpc) is 3.40. The zero-order valence-electron chi connectivity index (χ0n) is 17.6. The Labute approximate surface area is 171 Å². The van der Waals surface area contributed by atoms with Gasteiger partial charge in [0.1, 0.15) is 6.23 Å². The van der Waals surface area contributed by atoms with Crippen molar-refractivity contribution in [2.24, 2.45) is 0 Å². The molecule has 2 aliphatic rings. The van der Waals surface area contributed by atoms with Crippen molar-refractivity contribution in [3.05, 3.63) is 36.8 Å². The van der Waals surface area contributed by atoms with Crippen molar-refractivity contribution >= 4 is 23.5 Å². The number of aromatic amines is 1. The van der Waals surface area contributed by atoms with Crippen LogP contribution in [-0.2, 0) is 14.0 Å². The van der Waals surface area contributed by atoms with Crippen molar-refractivity contribution in [1.82, 2.24) is 14.8 Å². The van der Waals surface area contributed by atoms with E-state index in [4.69, 9.17) is 14.0 Å². The maximum atomic E-state index is 6.28. The summed E-state index contributed by atoms with van der Waals surface area (Å²) in [4.78, 5) is 3.39. The fraction of sp³-hybridized carbons (Fsp3) is 0.500. The summed E-state index contributed by atoms with van der Waals surface area (Å²) in [5.41, 5.74) is 3.57. The summed E-state index contributed by atoms with van der Waals surface area (Å²) in [5.74, 6) is 0. The molecule has 0 bridgehead atoms. The van der Waals surface area contributed by atoms with Crippen molar-refractivity contribution < 1.29 is 14.0 Å². The molecule has 0 aliphatic carbocycles. The molecule has 3 aromatic rings. The molecule has 5 rings (SSSR count). The molecule has 0 amide bonds. The number of nitrogens with zero attached hydrogens (tertiary/aromatic N) is 2. The lowest BCUT2D eigenvalue weighted by atomic mass is 9.77. The molecule has 6 nitrogen and oxygen atoms in total. The molecule has 29 heavy (non-hydrogen) atoms. The molecule has 2 aromatic heterocycles. The van der Waals surface area contributed by atoms with Gasteiger partial charge in [-0.2, -0.15) is 5.10 Å². The van der Waals surface area contributed by atoms with Crippen molar-refractivity contribution in [1.29, 1.82) is 0 Å². The number of hydrogen-bond donors (Lipinski definition) is 1. The van der Waals surface area contributed by atoms with Crippen molar-refractivity contribution in [3.8, 4) is 11.1 Å². The van der Waals surface area contributed by atoms with Gasteiger partial charge in [0.05, 0.1) is 17.4 Å². The minimum Gasteiger partial charge on any atom is -0.399 e. The standard InChI is InChI=1S/C22H28BN3O3/c1-21(2)22(3,4)29-23(28-21)18-9-8-16(17-10-11-24-20(17)18)15-13-25-26(14-15)19-7-5-6-12-27-19/h8-11,13-14,19,24H,5-7,12H2,1-4H3. The summed E-state index contributed by atoms with van der Waals surface area (Å²) in [5, 5.41) is 5.72. The minimum absolute atomic E-state index is 0.0447. The van der Waals surface area contributed by atoms with E-state index < -0.39 is 7.12 Å². The first-order chi connectivity index (χ1) is 13.9.